The Morgan fingerprint density at radius 3 is 2.94 bits per heavy atom. The van der Waals surface area contributed by atoms with Gasteiger partial charge in [-0.2, -0.15) is 5.10 Å². The highest BCUT2D eigenvalue weighted by molar-refractivity contribution is 5.77. The Balaban J connectivity index is 2.23. The molecule has 0 aliphatic rings. The van der Waals surface area contributed by atoms with Crippen molar-refractivity contribution in [3.63, 3.8) is 0 Å². The molecule has 2 heterocycles. The van der Waals surface area contributed by atoms with E-state index in [0.29, 0.717) is 11.3 Å². The maximum Gasteiger partial charge on any atom is 0.270 e. The Kier molecular flexibility index (Phi) is 2.26. The normalized spacial score (nSPS) is 10.7. The van der Waals surface area contributed by atoms with Gasteiger partial charge in [-0.1, -0.05) is 12.1 Å². The highest BCUT2D eigenvalue weighted by Gasteiger charge is 2.10. The molecule has 0 saturated carbocycles. The highest BCUT2D eigenvalue weighted by atomic mass is 16.6. The van der Waals surface area contributed by atoms with Crippen molar-refractivity contribution in [2.24, 2.45) is 0 Å². The summed E-state index contributed by atoms with van der Waals surface area (Å²) in [5.41, 5.74) is 2.25. The molecule has 88 valence electrons. The third kappa shape index (κ3) is 1.60. The van der Waals surface area contributed by atoms with Crippen LogP contribution in [0.5, 0.6) is 0 Å². The van der Waals surface area contributed by atoms with Crippen LogP contribution in [0, 0.1) is 10.1 Å². The second-order valence-electron chi connectivity index (χ2n) is 3.75. The summed E-state index contributed by atoms with van der Waals surface area (Å²) in [5.74, 6) is 0. The largest absolute Gasteiger partial charge is 0.270 e. The Labute approximate surface area is 102 Å². The first-order valence-corrected chi connectivity index (χ1v) is 5.29. The maximum absolute atomic E-state index is 10.8. The number of fused-ring (bicyclic) bond motifs is 1. The van der Waals surface area contributed by atoms with E-state index in [1.807, 2.05) is 12.1 Å². The lowest BCUT2D eigenvalue weighted by atomic mass is 10.1. The van der Waals surface area contributed by atoms with Gasteiger partial charge in [0, 0.05) is 23.9 Å². The van der Waals surface area contributed by atoms with Crippen molar-refractivity contribution in [2.45, 2.75) is 0 Å². The monoisotopic (exact) mass is 240 g/mol. The van der Waals surface area contributed by atoms with Crippen molar-refractivity contribution in [1.29, 1.82) is 0 Å². The first kappa shape index (κ1) is 10.4. The van der Waals surface area contributed by atoms with Crippen LogP contribution in [-0.2, 0) is 0 Å². The minimum absolute atomic E-state index is 0.0517. The molecule has 6 heteroatoms. The molecule has 0 saturated heterocycles. The van der Waals surface area contributed by atoms with Gasteiger partial charge in [0.1, 0.15) is 6.33 Å². The maximum atomic E-state index is 10.8. The zero-order valence-electron chi connectivity index (χ0n) is 9.22. The standard InChI is InChI=1S/C12H8N4O2/c17-16(18)10-4-1-3-9(7-10)12-11-5-2-6-15(11)14-8-13-12/h1-8H. The first-order valence-electron chi connectivity index (χ1n) is 5.29. The second kappa shape index (κ2) is 3.92. The van der Waals surface area contributed by atoms with Gasteiger partial charge in [-0.05, 0) is 12.1 Å². The Morgan fingerprint density at radius 1 is 1.22 bits per heavy atom. The van der Waals surface area contributed by atoms with Crippen LogP contribution < -0.4 is 0 Å². The highest BCUT2D eigenvalue weighted by Crippen LogP contribution is 2.25. The van der Waals surface area contributed by atoms with E-state index in [2.05, 4.69) is 10.1 Å². The number of nitrogens with zero attached hydrogens (tertiary/aromatic N) is 4. The number of aromatic nitrogens is 3. The van der Waals surface area contributed by atoms with Crippen LogP contribution in [-0.4, -0.2) is 19.5 Å². The number of hydrogen-bond acceptors (Lipinski definition) is 4. The lowest BCUT2D eigenvalue weighted by molar-refractivity contribution is -0.384. The second-order valence-corrected chi connectivity index (χ2v) is 3.75. The summed E-state index contributed by atoms with van der Waals surface area (Å²) in [7, 11) is 0. The van der Waals surface area contributed by atoms with E-state index in [4.69, 9.17) is 0 Å². The van der Waals surface area contributed by atoms with Crippen molar-refractivity contribution < 1.29 is 4.92 Å². The number of nitro benzene ring substituents is 1. The molecule has 0 bridgehead atoms. The quantitative estimate of drug-likeness (QED) is 0.509. The van der Waals surface area contributed by atoms with Gasteiger partial charge in [-0.25, -0.2) is 9.50 Å². The summed E-state index contributed by atoms with van der Waals surface area (Å²) < 4.78 is 1.68. The average Bonchev–Trinajstić information content (AvgIpc) is 2.87. The van der Waals surface area contributed by atoms with Gasteiger partial charge in [0.05, 0.1) is 16.1 Å². The number of nitro groups is 1. The van der Waals surface area contributed by atoms with Crippen molar-refractivity contribution in [1.82, 2.24) is 14.6 Å². The number of non-ortho nitro benzene ring substituents is 1. The van der Waals surface area contributed by atoms with Gasteiger partial charge in [-0.15, -0.1) is 0 Å². The fourth-order valence-electron chi connectivity index (χ4n) is 1.86. The van der Waals surface area contributed by atoms with Gasteiger partial charge < -0.3 is 0 Å². The van der Waals surface area contributed by atoms with E-state index in [0.717, 1.165) is 5.52 Å². The molecule has 2 aromatic heterocycles. The third-order valence-corrected chi connectivity index (χ3v) is 2.66. The van der Waals surface area contributed by atoms with Crippen molar-refractivity contribution in [2.75, 3.05) is 0 Å². The fraction of sp³-hybridized carbons (Fsp3) is 0. The summed E-state index contributed by atoms with van der Waals surface area (Å²) in [6.07, 6.45) is 3.24. The predicted molar refractivity (Wildman–Crippen MR) is 65.1 cm³/mol. The van der Waals surface area contributed by atoms with Gasteiger partial charge in [0.15, 0.2) is 0 Å². The zero-order chi connectivity index (χ0) is 12.5. The minimum atomic E-state index is -0.417. The zero-order valence-corrected chi connectivity index (χ0v) is 9.22. The topological polar surface area (TPSA) is 73.3 Å². The molecule has 0 amide bonds. The van der Waals surface area contributed by atoms with Crippen LogP contribution in [0.25, 0.3) is 16.8 Å². The number of benzene rings is 1. The third-order valence-electron chi connectivity index (χ3n) is 2.66. The molecular weight excluding hydrogens is 232 g/mol. The number of rotatable bonds is 2. The molecule has 0 aliphatic carbocycles. The van der Waals surface area contributed by atoms with Crippen molar-refractivity contribution in [3.8, 4) is 11.3 Å². The van der Waals surface area contributed by atoms with Crippen LogP contribution in [0.3, 0.4) is 0 Å². The van der Waals surface area contributed by atoms with Gasteiger partial charge in [-0.3, -0.25) is 10.1 Å². The van der Waals surface area contributed by atoms with E-state index >= 15 is 0 Å². The molecule has 1 aromatic carbocycles. The summed E-state index contributed by atoms with van der Waals surface area (Å²) >= 11 is 0. The minimum Gasteiger partial charge on any atom is -0.258 e. The molecule has 3 rings (SSSR count). The summed E-state index contributed by atoms with van der Waals surface area (Å²) in [6, 6.07) is 10.1. The molecule has 0 fully saturated rings. The molecule has 0 atom stereocenters. The van der Waals surface area contributed by atoms with E-state index in [-0.39, 0.29) is 5.69 Å². The van der Waals surface area contributed by atoms with E-state index in [9.17, 15) is 10.1 Å². The van der Waals surface area contributed by atoms with Crippen molar-refractivity contribution in [3.05, 3.63) is 59.0 Å². The lowest BCUT2D eigenvalue weighted by Gasteiger charge is -2.02. The lowest BCUT2D eigenvalue weighted by Crippen LogP contribution is -1.95. The van der Waals surface area contributed by atoms with E-state index in [1.54, 1.807) is 22.8 Å². The molecule has 0 aliphatic heterocycles. The Bertz CT molecular complexity index is 736. The fourth-order valence-corrected chi connectivity index (χ4v) is 1.86. The summed E-state index contributed by atoms with van der Waals surface area (Å²) in [6.45, 7) is 0. The molecule has 0 N–H and O–H groups in total. The van der Waals surface area contributed by atoms with Crippen molar-refractivity contribution >= 4 is 11.2 Å². The van der Waals surface area contributed by atoms with Crippen LogP contribution in [0.2, 0.25) is 0 Å². The van der Waals surface area contributed by atoms with Crippen LogP contribution in [0.1, 0.15) is 0 Å². The smallest absolute Gasteiger partial charge is 0.258 e. The van der Waals surface area contributed by atoms with Crippen LogP contribution >= 0.6 is 0 Å². The molecule has 3 aromatic rings. The number of hydrogen-bond donors (Lipinski definition) is 0. The Hall–Kier alpha value is -2.76. The molecule has 0 radical (unpaired) electrons. The Morgan fingerprint density at radius 2 is 2.11 bits per heavy atom. The SMILES string of the molecule is O=[N+]([O-])c1cccc(-c2ncnn3cccc23)c1. The average molecular weight is 240 g/mol. The summed E-state index contributed by atoms with van der Waals surface area (Å²) in [5, 5.41) is 14.8. The van der Waals surface area contributed by atoms with Crippen LogP contribution in [0.4, 0.5) is 5.69 Å². The van der Waals surface area contributed by atoms with E-state index < -0.39 is 4.92 Å². The van der Waals surface area contributed by atoms with Gasteiger partial charge >= 0.3 is 0 Å². The summed E-state index contributed by atoms with van der Waals surface area (Å²) in [4.78, 5) is 14.5. The molecule has 0 unspecified atom stereocenters. The first-order chi connectivity index (χ1) is 8.75. The van der Waals surface area contributed by atoms with Gasteiger partial charge in [0.2, 0.25) is 0 Å². The van der Waals surface area contributed by atoms with Crippen LogP contribution in [0.15, 0.2) is 48.9 Å². The molecule has 18 heavy (non-hydrogen) atoms. The molecular formula is C12H8N4O2. The van der Waals surface area contributed by atoms with E-state index in [1.165, 1.54) is 18.5 Å². The predicted octanol–water partition coefficient (Wildman–Crippen LogP) is 2.30. The molecule has 6 nitrogen and oxygen atoms in total. The van der Waals surface area contributed by atoms with Gasteiger partial charge in [0.25, 0.3) is 5.69 Å². The molecule has 0 spiro atoms.